The van der Waals surface area contributed by atoms with E-state index in [4.69, 9.17) is 0 Å². The molecule has 2 rings (SSSR count). The average Bonchev–Trinajstić information content (AvgIpc) is 2.73. The van der Waals surface area contributed by atoms with Gasteiger partial charge in [-0.15, -0.1) is 11.3 Å². The molecule has 0 radical (unpaired) electrons. The first-order valence-corrected chi connectivity index (χ1v) is 6.17. The van der Waals surface area contributed by atoms with Gasteiger partial charge in [0.1, 0.15) is 6.10 Å². The van der Waals surface area contributed by atoms with E-state index < -0.39 is 17.8 Å². The van der Waals surface area contributed by atoms with E-state index in [2.05, 4.69) is 0 Å². The summed E-state index contributed by atoms with van der Waals surface area (Å²) in [4.78, 5) is 0.675. The van der Waals surface area contributed by atoms with Gasteiger partial charge in [0.05, 0.1) is 5.56 Å². The lowest BCUT2D eigenvalue weighted by Gasteiger charge is -2.13. The predicted molar refractivity (Wildman–Crippen MR) is 64.6 cm³/mol. The van der Waals surface area contributed by atoms with Crippen molar-refractivity contribution in [2.45, 2.75) is 19.2 Å². The maximum atomic E-state index is 12.6. The summed E-state index contributed by atoms with van der Waals surface area (Å²) >= 11 is 1.33. The molecular formula is C13H11F3OS. The summed E-state index contributed by atoms with van der Waals surface area (Å²) in [6, 6.07) is 6.63. The van der Waals surface area contributed by atoms with Gasteiger partial charge in [-0.1, -0.05) is 12.1 Å². The van der Waals surface area contributed by atoms with Crippen molar-refractivity contribution in [3.63, 3.8) is 0 Å². The van der Waals surface area contributed by atoms with Gasteiger partial charge in [-0.3, -0.25) is 0 Å². The van der Waals surface area contributed by atoms with Crippen LogP contribution in [0.5, 0.6) is 0 Å². The standard InChI is InChI=1S/C13H11F3OS/c1-8-5-6-18-12(8)11(17)9-3-2-4-10(7-9)13(14,15)16/h2-7,11,17H,1H3. The van der Waals surface area contributed by atoms with Gasteiger partial charge in [-0.25, -0.2) is 0 Å². The van der Waals surface area contributed by atoms with Crippen molar-refractivity contribution in [1.82, 2.24) is 0 Å². The van der Waals surface area contributed by atoms with Crippen LogP contribution < -0.4 is 0 Å². The first kappa shape index (κ1) is 13.1. The lowest BCUT2D eigenvalue weighted by molar-refractivity contribution is -0.137. The Morgan fingerprint density at radius 2 is 1.94 bits per heavy atom. The molecule has 0 fully saturated rings. The topological polar surface area (TPSA) is 20.2 Å². The van der Waals surface area contributed by atoms with Crippen LogP contribution in [0, 0.1) is 6.92 Å². The van der Waals surface area contributed by atoms with E-state index in [0.29, 0.717) is 4.88 Å². The van der Waals surface area contributed by atoms with Crippen LogP contribution in [0.3, 0.4) is 0 Å². The highest BCUT2D eigenvalue weighted by Gasteiger charge is 2.31. The maximum absolute atomic E-state index is 12.6. The Morgan fingerprint density at radius 1 is 1.22 bits per heavy atom. The van der Waals surface area contributed by atoms with Gasteiger partial charge in [-0.05, 0) is 41.6 Å². The summed E-state index contributed by atoms with van der Waals surface area (Å²) in [5.74, 6) is 0. The van der Waals surface area contributed by atoms with Gasteiger partial charge in [0, 0.05) is 4.88 Å². The zero-order valence-electron chi connectivity index (χ0n) is 9.53. The fourth-order valence-corrected chi connectivity index (χ4v) is 2.64. The minimum atomic E-state index is -4.39. The van der Waals surface area contributed by atoms with Crippen molar-refractivity contribution in [2.75, 3.05) is 0 Å². The summed E-state index contributed by atoms with van der Waals surface area (Å²) < 4.78 is 37.7. The third-order valence-corrected chi connectivity index (χ3v) is 3.75. The summed E-state index contributed by atoms with van der Waals surface area (Å²) in [6.07, 6.45) is -5.40. The number of halogens is 3. The monoisotopic (exact) mass is 272 g/mol. The number of thiophene rings is 1. The van der Waals surface area contributed by atoms with Gasteiger partial charge in [0.25, 0.3) is 0 Å². The van der Waals surface area contributed by atoms with Crippen LogP contribution in [0.2, 0.25) is 0 Å². The Kier molecular flexibility index (Phi) is 3.45. The summed E-state index contributed by atoms with van der Waals surface area (Å²) in [6.45, 7) is 1.82. The molecule has 1 unspecified atom stereocenters. The number of hydrogen-bond acceptors (Lipinski definition) is 2. The minimum Gasteiger partial charge on any atom is -0.383 e. The smallest absolute Gasteiger partial charge is 0.383 e. The van der Waals surface area contributed by atoms with Crippen molar-refractivity contribution in [3.8, 4) is 0 Å². The Labute approximate surface area is 107 Å². The van der Waals surface area contributed by atoms with Gasteiger partial charge in [-0.2, -0.15) is 13.2 Å². The van der Waals surface area contributed by atoms with E-state index in [1.54, 1.807) is 0 Å². The molecule has 0 aliphatic rings. The molecule has 0 spiro atoms. The number of rotatable bonds is 2. The fraction of sp³-hybridized carbons (Fsp3) is 0.231. The van der Waals surface area contributed by atoms with Crippen LogP contribution in [0.25, 0.3) is 0 Å². The van der Waals surface area contributed by atoms with Crippen molar-refractivity contribution >= 4 is 11.3 Å². The number of alkyl halides is 3. The molecule has 0 saturated carbocycles. The van der Waals surface area contributed by atoms with E-state index in [0.717, 1.165) is 17.7 Å². The number of aliphatic hydroxyl groups excluding tert-OH is 1. The number of benzene rings is 1. The first-order valence-electron chi connectivity index (χ1n) is 5.29. The molecule has 1 N–H and O–H groups in total. The Bertz CT molecular complexity index is 545. The molecule has 5 heteroatoms. The second-order valence-corrected chi connectivity index (χ2v) is 4.94. The van der Waals surface area contributed by atoms with Crippen molar-refractivity contribution in [2.24, 2.45) is 0 Å². The number of hydrogen-bond donors (Lipinski definition) is 1. The Balaban J connectivity index is 2.38. The van der Waals surface area contributed by atoms with Crippen molar-refractivity contribution in [1.29, 1.82) is 0 Å². The van der Waals surface area contributed by atoms with Crippen LogP contribution in [-0.2, 0) is 6.18 Å². The highest BCUT2D eigenvalue weighted by atomic mass is 32.1. The quantitative estimate of drug-likeness (QED) is 0.870. The molecule has 1 heterocycles. The normalized spacial score (nSPS) is 13.6. The lowest BCUT2D eigenvalue weighted by atomic mass is 10.0. The summed E-state index contributed by atoms with van der Waals surface area (Å²) in [5.41, 5.74) is 0.397. The van der Waals surface area contributed by atoms with E-state index in [1.165, 1.54) is 23.5 Å². The highest BCUT2D eigenvalue weighted by Crippen LogP contribution is 2.34. The molecule has 0 saturated heterocycles. The first-order chi connectivity index (χ1) is 8.39. The molecule has 1 aromatic heterocycles. The SMILES string of the molecule is Cc1ccsc1C(O)c1cccc(C(F)(F)F)c1. The van der Waals surface area contributed by atoms with E-state index >= 15 is 0 Å². The Morgan fingerprint density at radius 3 is 2.50 bits per heavy atom. The van der Waals surface area contributed by atoms with Gasteiger partial charge in [0.15, 0.2) is 0 Å². The summed E-state index contributed by atoms with van der Waals surface area (Å²) in [5, 5.41) is 11.9. The van der Waals surface area contributed by atoms with Crippen molar-refractivity contribution < 1.29 is 18.3 Å². The molecular weight excluding hydrogens is 261 g/mol. The lowest BCUT2D eigenvalue weighted by Crippen LogP contribution is -2.07. The van der Waals surface area contributed by atoms with Crippen LogP contribution >= 0.6 is 11.3 Å². The predicted octanol–water partition coefficient (Wildman–Crippen LogP) is 4.16. The Hall–Kier alpha value is -1.33. The van der Waals surface area contributed by atoms with E-state index in [1.807, 2.05) is 18.4 Å². The molecule has 0 aliphatic heterocycles. The van der Waals surface area contributed by atoms with Crippen LogP contribution in [0.15, 0.2) is 35.7 Å². The van der Waals surface area contributed by atoms with Crippen LogP contribution in [0.1, 0.15) is 27.7 Å². The van der Waals surface area contributed by atoms with Crippen molar-refractivity contribution in [3.05, 3.63) is 57.3 Å². The van der Waals surface area contributed by atoms with Gasteiger partial charge in [0.2, 0.25) is 0 Å². The van der Waals surface area contributed by atoms with E-state index in [9.17, 15) is 18.3 Å². The number of aliphatic hydroxyl groups is 1. The third-order valence-electron chi connectivity index (χ3n) is 2.68. The highest BCUT2D eigenvalue weighted by molar-refractivity contribution is 7.10. The van der Waals surface area contributed by atoms with Crippen LogP contribution in [-0.4, -0.2) is 5.11 Å². The van der Waals surface area contributed by atoms with Crippen LogP contribution in [0.4, 0.5) is 13.2 Å². The molecule has 1 atom stereocenters. The second kappa shape index (κ2) is 4.74. The van der Waals surface area contributed by atoms with E-state index in [-0.39, 0.29) is 5.56 Å². The minimum absolute atomic E-state index is 0.260. The molecule has 1 nitrogen and oxygen atoms in total. The zero-order chi connectivity index (χ0) is 13.3. The fourth-order valence-electron chi connectivity index (χ4n) is 1.70. The molecule has 1 aromatic carbocycles. The third kappa shape index (κ3) is 2.57. The molecule has 18 heavy (non-hydrogen) atoms. The molecule has 0 aliphatic carbocycles. The molecule has 96 valence electrons. The molecule has 2 aromatic rings. The zero-order valence-corrected chi connectivity index (χ0v) is 10.3. The average molecular weight is 272 g/mol. The molecule has 0 bridgehead atoms. The largest absolute Gasteiger partial charge is 0.416 e. The van der Waals surface area contributed by atoms with Gasteiger partial charge >= 0.3 is 6.18 Å². The maximum Gasteiger partial charge on any atom is 0.416 e. The molecule has 0 amide bonds. The second-order valence-electron chi connectivity index (χ2n) is 3.99. The number of aryl methyl sites for hydroxylation is 1. The van der Waals surface area contributed by atoms with Gasteiger partial charge < -0.3 is 5.11 Å². The summed E-state index contributed by atoms with van der Waals surface area (Å²) in [7, 11) is 0.